The van der Waals surface area contributed by atoms with Gasteiger partial charge in [0.2, 0.25) is 0 Å². The summed E-state index contributed by atoms with van der Waals surface area (Å²) in [5.74, 6) is 3.67. The average Bonchev–Trinajstić information content (AvgIpc) is 3.53. The third-order valence-electron chi connectivity index (χ3n) is 13.0. The quantitative estimate of drug-likeness (QED) is 0.359. The maximum absolute atomic E-state index is 2.92. The molecule has 0 heterocycles. The summed E-state index contributed by atoms with van der Waals surface area (Å²) in [7, 11) is 0. The number of hydrogen-bond acceptors (Lipinski definition) is 0. The summed E-state index contributed by atoms with van der Waals surface area (Å²) >= 11 is -2.40. The Hall–Kier alpha value is -0.747. The zero-order chi connectivity index (χ0) is 30.6. The van der Waals surface area contributed by atoms with E-state index >= 15 is 0 Å². The van der Waals surface area contributed by atoms with Crippen molar-refractivity contribution in [3.63, 3.8) is 0 Å². The Labute approximate surface area is 300 Å². The predicted molar refractivity (Wildman–Crippen MR) is 186 cm³/mol. The summed E-state index contributed by atoms with van der Waals surface area (Å²) in [6.07, 6.45) is 23.1. The van der Waals surface area contributed by atoms with Gasteiger partial charge in [-0.15, -0.1) is 0 Å². The Morgan fingerprint density at radius 3 is 1.93 bits per heavy atom. The Morgan fingerprint density at radius 2 is 1.35 bits per heavy atom. The fourth-order valence-corrected chi connectivity index (χ4v) is 21.0. The van der Waals surface area contributed by atoms with Crippen molar-refractivity contribution in [2.24, 2.45) is 29.1 Å². The van der Waals surface area contributed by atoms with Gasteiger partial charge in [-0.1, -0.05) is 0 Å². The summed E-state index contributed by atoms with van der Waals surface area (Å²) in [5.41, 5.74) is 12.3. The van der Waals surface area contributed by atoms with Crippen LogP contribution in [0.25, 0.3) is 11.1 Å². The molecule has 0 radical (unpaired) electrons. The molecule has 3 heteroatoms. The second kappa shape index (κ2) is 12.5. The monoisotopic (exact) mass is 732 g/mol. The van der Waals surface area contributed by atoms with Gasteiger partial charge in [0.15, 0.2) is 0 Å². The van der Waals surface area contributed by atoms with E-state index in [1.807, 2.05) is 15.3 Å². The van der Waals surface area contributed by atoms with Gasteiger partial charge < -0.3 is 24.8 Å². The van der Waals surface area contributed by atoms with E-state index in [2.05, 4.69) is 91.0 Å². The van der Waals surface area contributed by atoms with Crippen molar-refractivity contribution >= 4 is 6.48 Å². The summed E-state index contributed by atoms with van der Waals surface area (Å²) in [5, 5.41) is 0. The normalized spacial score (nSPS) is 29.2. The van der Waals surface area contributed by atoms with Crippen LogP contribution in [0.2, 0.25) is 0 Å². The molecule has 246 valence electrons. The van der Waals surface area contributed by atoms with Gasteiger partial charge in [0.25, 0.3) is 0 Å². The van der Waals surface area contributed by atoms with Gasteiger partial charge in [-0.2, -0.15) is 0 Å². The fraction of sp³-hybridized carbons (Fsp3) is 0.605. The minimum atomic E-state index is -2.40. The summed E-state index contributed by atoms with van der Waals surface area (Å²) in [4.78, 5) is 0. The van der Waals surface area contributed by atoms with E-state index < -0.39 is 21.3 Å². The Morgan fingerprint density at radius 1 is 0.739 bits per heavy atom. The maximum atomic E-state index is 2.92. The SMILES string of the molecule is CC1C=C(C23CC4CC(CC(C4)C2)C3)C=[C]1[Zr+2](=[C]1CCCCC1)[c]1c(C(C)(C)C)ccc2c1Cc1cc(C(C)(C)C)ccc1-2.[Cl-].[Cl-]. The van der Waals surface area contributed by atoms with Crippen LogP contribution >= 0.6 is 0 Å². The molecule has 5 saturated carbocycles. The summed E-state index contributed by atoms with van der Waals surface area (Å²) in [6.45, 7) is 17.2. The smallest absolute Gasteiger partial charge is 1.00 e. The molecule has 0 aliphatic heterocycles. The molecule has 0 aromatic heterocycles. The second-order valence-corrected chi connectivity index (χ2v) is 24.5. The van der Waals surface area contributed by atoms with Crippen molar-refractivity contribution in [3.8, 4) is 11.1 Å². The summed E-state index contributed by atoms with van der Waals surface area (Å²) < 4.78 is 5.89. The zero-order valence-electron chi connectivity index (χ0n) is 29.6. The average molecular weight is 735 g/mol. The molecule has 9 rings (SSSR count). The van der Waals surface area contributed by atoms with E-state index in [9.17, 15) is 0 Å². The number of hydrogen-bond donors (Lipinski definition) is 0. The van der Waals surface area contributed by atoms with E-state index in [1.165, 1.54) is 62.5 Å². The van der Waals surface area contributed by atoms with Crippen LogP contribution < -0.4 is 28.1 Å². The molecule has 7 aliphatic rings. The van der Waals surface area contributed by atoms with Crippen molar-refractivity contribution < 1.29 is 46.1 Å². The maximum Gasteiger partial charge on any atom is -1.00 e. The molecule has 46 heavy (non-hydrogen) atoms. The molecule has 4 bridgehead atoms. The molecule has 0 nitrogen and oxygen atoms in total. The first kappa shape index (κ1) is 35.1. The van der Waals surface area contributed by atoms with Gasteiger partial charge in [0.05, 0.1) is 0 Å². The molecule has 2 aromatic carbocycles. The van der Waals surface area contributed by atoms with Gasteiger partial charge in [0, 0.05) is 0 Å². The molecular formula is C43H56Cl2Zr. The van der Waals surface area contributed by atoms with Gasteiger partial charge in [-0.3, -0.25) is 0 Å². The predicted octanol–water partition coefficient (Wildman–Crippen LogP) is 4.92. The standard InChI is InChI=1S/C21H25.C16H21.C6H10.2ClH.Zr/c1-20(2,3)16-7-9-18-14(12-16)11-15-13-17(21(4,5)6)8-10-19(15)18;1-11-2-3-15(4-11)16-8-12-5-13(9-16)7-14(6-12)10-16;1-2-4-6-5-3-1;;;/h7-10,12H,11H2,1-6H3;3-4,11-14H,5-10H2,1H3;1-5H2;2*1H;/q;;;;;+2/p-2. The first-order chi connectivity index (χ1) is 20.9. The van der Waals surface area contributed by atoms with E-state index in [1.54, 1.807) is 41.5 Å². The van der Waals surface area contributed by atoms with Crippen LogP contribution in [0.3, 0.4) is 0 Å². The van der Waals surface area contributed by atoms with Crippen molar-refractivity contribution in [3.05, 3.63) is 73.6 Å². The Bertz CT molecular complexity index is 1580. The largest absolute Gasteiger partial charge is 1.00 e. The number of allylic oxidation sites excluding steroid dienone is 4. The van der Waals surface area contributed by atoms with Gasteiger partial charge in [-0.05, 0) is 0 Å². The van der Waals surface area contributed by atoms with Crippen molar-refractivity contribution in [2.45, 2.75) is 136 Å². The third-order valence-corrected chi connectivity index (χ3v) is 21.5. The first-order valence-electron chi connectivity index (χ1n) is 18.4. The van der Waals surface area contributed by atoms with Crippen LogP contribution in [0.4, 0.5) is 0 Å². The topological polar surface area (TPSA) is 0 Å². The van der Waals surface area contributed by atoms with Crippen LogP contribution in [-0.2, 0) is 38.5 Å². The van der Waals surface area contributed by atoms with Crippen LogP contribution in [-0.4, -0.2) is 3.21 Å². The Kier molecular flexibility index (Phi) is 9.57. The molecule has 5 fully saturated rings. The van der Waals surface area contributed by atoms with Crippen molar-refractivity contribution in [1.82, 2.24) is 0 Å². The van der Waals surface area contributed by atoms with Crippen molar-refractivity contribution in [2.75, 3.05) is 0 Å². The minimum absolute atomic E-state index is 0. The van der Waals surface area contributed by atoms with Gasteiger partial charge in [-0.25, -0.2) is 0 Å². The first-order valence-corrected chi connectivity index (χ1v) is 22.1. The molecule has 1 unspecified atom stereocenters. The molecule has 0 amide bonds. The third kappa shape index (κ3) is 5.92. The molecule has 2 aromatic rings. The van der Waals surface area contributed by atoms with Crippen molar-refractivity contribution in [1.29, 1.82) is 0 Å². The Balaban J connectivity index is 0.00000186. The van der Waals surface area contributed by atoms with E-state index in [0.717, 1.165) is 24.2 Å². The molecule has 0 N–H and O–H groups in total. The molecular weight excluding hydrogens is 679 g/mol. The van der Waals surface area contributed by atoms with Gasteiger partial charge in [0.1, 0.15) is 0 Å². The number of rotatable bonds is 3. The molecule has 0 saturated heterocycles. The minimum Gasteiger partial charge on any atom is -1.00 e. The molecule has 7 aliphatic carbocycles. The zero-order valence-corrected chi connectivity index (χ0v) is 33.6. The van der Waals surface area contributed by atoms with E-state index in [4.69, 9.17) is 0 Å². The molecule has 0 spiro atoms. The van der Waals surface area contributed by atoms with Gasteiger partial charge >= 0.3 is 278 Å². The number of halogens is 2. The molecule has 1 atom stereocenters. The van der Waals surface area contributed by atoms with Crippen LogP contribution in [0.5, 0.6) is 0 Å². The number of benzene rings is 2. The van der Waals surface area contributed by atoms with E-state index in [-0.39, 0.29) is 35.6 Å². The van der Waals surface area contributed by atoms with Crippen LogP contribution in [0, 0.1) is 29.1 Å². The second-order valence-electron chi connectivity index (χ2n) is 18.3. The number of fused-ring (bicyclic) bond motifs is 3. The fourth-order valence-electron chi connectivity index (χ4n) is 11.2. The van der Waals surface area contributed by atoms with Crippen LogP contribution in [0.1, 0.15) is 141 Å². The summed E-state index contributed by atoms with van der Waals surface area (Å²) in [6, 6.07) is 12.6. The van der Waals surface area contributed by atoms with Crippen LogP contribution in [0.15, 0.2) is 51.3 Å². The van der Waals surface area contributed by atoms with E-state index in [0.29, 0.717) is 11.3 Å².